The molecule has 35 heavy (non-hydrogen) atoms. The molecule has 2 aromatic carbocycles. The van der Waals surface area contributed by atoms with Gasteiger partial charge in [0.25, 0.3) is 0 Å². The zero-order valence-electron chi connectivity index (χ0n) is 20.6. The molecule has 0 atom stereocenters. The molecule has 2 aliphatic heterocycles. The molecular weight excluding hydrogens is 460 g/mol. The minimum absolute atomic E-state index is 0.279. The number of aryl methyl sites for hydroxylation is 1. The number of aromatic nitrogens is 2. The lowest BCUT2D eigenvalue weighted by atomic mass is 10.1. The molecule has 2 aliphatic rings. The molecule has 0 unspecified atom stereocenters. The predicted octanol–water partition coefficient (Wildman–Crippen LogP) is 2.92. The minimum atomic E-state index is -3.57. The molecule has 0 bridgehead atoms. The highest BCUT2D eigenvalue weighted by molar-refractivity contribution is 7.89. The smallest absolute Gasteiger partial charge is 0.243 e. The third kappa shape index (κ3) is 4.70. The molecule has 0 radical (unpaired) electrons. The van der Waals surface area contributed by atoms with E-state index >= 15 is 0 Å². The number of anilines is 3. The summed E-state index contributed by atoms with van der Waals surface area (Å²) in [5.74, 6) is 1.52. The van der Waals surface area contributed by atoms with Gasteiger partial charge in [-0.25, -0.2) is 13.4 Å². The molecule has 3 aromatic rings. The monoisotopic (exact) mass is 492 g/mol. The molecule has 0 spiro atoms. The van der Waals surface area contributed by atoms with Crippen molar-refractivity contribution in [1.29, 1.82) is 0 Å². The summed E-state index contributed by atoms with van der Waals surface area (Å²) in [6.45, 7) is 6.29. The Morgan fingerprint density at radius 1 is 0.829 bits per heavy atom. The highest BCUT2D eigenvalue weighted by Crippen LogP contribution is 2.31. The molecule has 184 valence electrons. The number of rotatable bonds is 5. The number of hydrogen-bond donors (Lipinski definition) is 0. The molecule has 8 nitrogen and oxygen atoms in total. The van der Waals surface area contributed by atoms with Gasteiger partial charge >= 0.3 is 0 Å². The largest absolute Gasteiger partial charge is 0.368 e. The summed E-state index contributed by atoms with van der Waals surface area (Å²) in [6.07, 6.45) is 0.571. The van der Waals surface area contributed by atoms with E-state index in [0.717, 1.165) is 49.2 Å². The highest BCUT2D eigenvalue weighted by Gasteiger charge is 2.32. The van der Waals surface area contributed by atoms with E-state index in [1.807, 2.05) is 25.1 Å². The predicted molar refractivity (Wildman–Crippen MR) is 140 cm³/mol. The molecule has 0 amide bonds. The summed E-state index contributed by atoms with van der Waals surface area (Å²) >= 11 is 0. The lowest BCUT2D eigenvalue weighted by Crippen LogP contribution is -2.47. The Hall–Kier alpha value is -3.17. The van der Waals surface area contributed by atoms with Crippen molar-refractivity contribution >= 4 is 27.5 Å². The molecule has 0 N–H and O–H groups in total. The van der Waals surface area contributed by atoms with Gasteiger partial charge in [-0.15, -0.1) is 0 Å². The molecule has 3 heterocycles. The number of benzene rings is 2. The second kappa shape index (κ2) is 9.47. The first-order valence-electron chi connectivity index (χ1n) is 12.0. The minimum Gasteiger partial charge on any atom is -0.368 e. The van der Waals surface area contributed by atoms with Gasteiger partial charge in [-0.1, -0.05) is 35.9 Å². The van der Waals surface area contributed by atoms with Crippen LogP contribution in [0.2, 0.25) is 0 Å². The fourth-order valence-corrected chi connectivity index (χ4v) is 6.17. The number of sulfonamides is 1. The normalized spacial score (nSPS) is 16.8. The summed E-state index contributed by atoms with van der Waals surface area (Å²) in [5.41, 5.74) is 4.35. The fourth-order valence-electron chi connectivity index (χ4n) is 4.74. The Labute approximate surface area is 207 Å². The maximum Gasteiger partial charge on any atom is 0.243 e. The second-order valence-corrected chi connectivity index (χ2v) is 11.3. The summed E-state index contributed by atoms with van der Waals surface area (Å²) in [7, 11) is 0.332. The number of hydrogen-bond acceptors (Lipinski definition) is 7. The second-order valence-electron chi connectivity index (χ2n) is 9.38. The van der Waals surface area contributed by atoms with Crippen LogP contribution in [0, 0.1) is 6.92 Å². The average Bonchev–Trinajstić information content (AvgIpc) is 2.88. The van der Waals surface area contributed by atoms with E-state index in [2.05, 4.69) is 41.0 Å². The maximum atomic E-state index is 13.2. The van der Waals surface area contributed by atoms with Crippen molar-refractivity contribution in [2.24, 2.45) is 0 Å². The first-order chi connectivity index (χ1) is 16.8. The van der Waals surface area contributed by atoms with E-state index in [1.54, 1.807) is 28.6 Å². The number of nitrogens with zero attached hydrogens (tertiary/aromatic N) is 6. The Morgan fingerprint density at radius 3 is 2.14 bits per heavy atom. The van der Waals surface area contributed by atoms with Crippen molar-refractivity contribution in [2.75, 3.05) is 61.5 Å². The van der Waals surface area contributed by atoms with E-state index in [9.17, 15) is 8.42 Å². The molecule has 1 saturated heterocycles. The van der Waals surface area contributed by atoms with Crippen LogP contribution in [0.1, 0.15) is 16.8 Å². The van der Waals surface area contributed by atoms with Gasteiger partial charge in [0.2, 0.25) is 16.0 Å². The summed E-state index contributed by atoms with van der Waals surface area (Å²) in [4.78, 5) is 16.8. The van der Waals surface area contributed by atoms with Gasteiger partial charge in [0.15, 0.2) is 0 Å². The number of piperazine rings is 1. The standard InChI is InChI=1S/C26H32N6O2S/c1-20-9-11-21(12-10-20)30-15-17-31(18-16-30)26-27-24-13-14-32(19-23(24)25(28-26)29(2)3)35(33,34)22-7-5-4-6-8-22/h4-12H,13-19H2,1-3H3. The zero-order chi connectivity index (χ0) is 24.6. The number of fused-ring (bicyclic) bond motifs is 1. The van der Waals surface area contributed by atoms with Crippen LogP contribution in [0.5, 0.6) is 0 Å². The third-order valence-electron chi connectivity index (χ3n) is 6.76. The van der Waals surface area contributed by atoms with E-state index in [4.69, 9.17) is 9.97 Å². The van der Waals surface area contributed by atoms with Crippen LogP contribution in [0.3, 0.4) is 0 Å². The van der Waals surface area contributed by atoms with Crippen molar-refractivity contribution in [2.45, 2.75) is 24.8 Å². The average molecular weight is 493 g/mol. The molecule has 1 fully saturated rings. The summed E-state index contributed by atoms with van der Waals surface area (Å²) in [6, 6.07) is 17.3. The Bertz CT molecular complexity index is 1290. The van der Waals surface area contributed by atoms with E-state index in [0.29, 0.717) is 17.9 Å². The van der Waals surface area contributed by atoms with E-state index in [-0.39, 0.29) is 6.54 Å². The third-order valence-corrected chi connectivity index (χ3v) is 8.62. The van der Waals surface area contributed by atoms with Crippen LogP contribution in [-0.2, 0) is 23.0 Å². The summed E-state index contributed by atoms with van der Waals surface area (Å²) < 4.78 is 28.0. The van der Waals surface area contributed by atoms with Crippen LogP contribution in [0.25, 0.3) is 0 Å². The molecule has 5 rings (SSSR count). The van der Waals surface area contributed by atoms with E-state index < -0.39 is 10.0 Å². The van der Waals surface area contributed by atoms with Crippen molar-refractivity contribution in [3.63, 3.8) is 0 Å². The molecule has 0 aliphatic carbocycles. The highest BCUT2D eigenvalue weighted by atomic mass is 32.2. The molecular formula is C26H32N6O2S. The van der Waals surface area contributed by atoms with Gasteiger partial charge in [-0.05, 0) is 31.2 Å². The van der Waals surface area contributed by atoms with Gasteiger partial charge in [-0.3, -0.25) is 0 Å². The van der Waals surface area contributed by atoms with Gasteiger partial charge in [0.1, 0.15) is 5.82 Å². The first kappa shape index (κ1) is 23.6. The fraction of sp³-hybridized carbons (Fsp3) is 0.385. The summed E-state index contributed by atoms with van der Waals surface area (Å²) in [5, 5.41) is 0. The van der Waals surface area contributed by atoms with Crippen molar-refractivity contribution in [3.05, 3.63) is 71.4 Å². The molecule has 9 heteroatoms. The lowest BCUT2D eigenvalue weighted by Gasteiger charge is -2.37. The SMILES string of the molecule is Cc1ccc(N2CCN(c3nc4c(c(N(C)C)n3)CN(S(=O)(=O)c3ccccc3)CC4)CC2)cc1. The molecule has 1 aromatic heterocycles. The van der Waals surface area contributed by atoms with Crippen molar-refractivity contribution in [1.82, 2.24) is 14.3 Å². The Morgan fingerprint density at radius 2 is 1.49 bits per heavy atom. The topological polar surface area (TPSA) is 72.9 Å². The maximum absolute atomic E-state index is 13.2. The van der Waals surface area contributed by atoms with Crippen molar-refractivity contribution < 1.29 is 8.42 Å². The van der Waals surface area contributed by atoms with Crippen LogP contribution < -0.4 is 14.7 Å². The van der Waals surface area contributed by atoms with Crippen LogP contribution >= 0.6 is 0 Å². The Balaban J connectivity index is 1.36. The van der Waals surface area contributed by atoms with E-state index in [1.165, 1.54) is 11.3 Å². The lowest BCUT2D eigenvalue weighted by molar-refractivity contribution is 0.387. The van der Waals surface area contributed by atoms with Crippen LogP contribution in [-0.4, -0.2) is 69.5 Å². The van der Waals surface area contributed by atoms with Gasteiger partial charge < -0.3 is 14.7 Å². The molecule has 0 saturated carbocycles. The van der Waals surface area contributed by atoms with Gasteiger partial charge in [0, 0.05) is 71.0 Å². The van der Waals surface area contributed by atoms with Crippen molar-refractivity contribution in [3.8, 4) is 0 Å². The van der Waals surface area contributed by atoms with Gasteiger partial charge in [-0.2, -0.15) is 9.29 Å². The zero-order valence-corrected chi connectivity index (χ0v) is 21.4. The quantitative estimate of drug-likeness (QED) is 0.542. The van der Waals surface area contributed by atoms with Crippen LogP contribution in [0.15, 0.2) is 59.5 Å². The van der Waals surface area contributed by atoms with Crippen LogP contribution in [0.4, 0.5) is 17.5 Å². The first-order valence-corrected chi connectivity index (χ1v) is 13.5. The Kier molecular flexibility index (Phi) is 6.37. The van der Waals surface area contributed by atoms with Gasteiger partial charge in [0.05, 0.1) is 10.6 Å².